The van der Waals surface area contributed by atoms with E-state index in [9.17, 15) is 0 Å². The number of nitrogens with zero attached hydrogens (tertiary/aromatic N) is 4. The summed E-state index contributed by atoms with van der Waals surface area (Å²) < 4.78 is 7.66. The largest absolute Gasteiger partial charge is 0.380 e. The average molecular weight is 332 g/mol. The van der Waals surface area contributed by atoms with Crippen molar-refractivity contribution in [3.05, 3.63) is 18.3 Å². The van der Waals surface area contributed by atoms with Crippen LogP contribution in [-0.4, -0.2) is 64.9 Å². The number of imidazole rings is 1. The molecule has 0 radical (unpaired) electrons. The Morgan fingerprint density at radius 2 is 2.17 bits per heavy atom. The molecule has 1 aliphatic heterocycles. The Morgan fingerprint density at radius 3 is 2.92 bits per heavy atom. The molecule has 7 heteroatoms. The van der Waals surface area contributed by atoms with E-state index >= 15 is 0 Å². The van der Waals surface area contributed by atoms with Gasteiger partial charge in [0, 0.05) is 45.0 Å². The van der Waals surface area contributed by atoms with Crippen LogP contribution in [0.4, 0.5) is 5.95 Å². The van der Waals surface area contributed by atoms with Crippen LogP contribution in [0.2, 0.25) is 0 Å². The number of nitrogens with two attached hydrogens (primary N) is 1. The van der Waals surface area contributed by atoms with E-state index in [0.29, 0.717) is 12.6 Å². The van der Waals surface area contributed by atoms with Gasteiger partial charge < -0.3 is 20.7 Å². The van der Waals surface area contributed by atoms with Crippen molar-refractivity contribution in [3.63, 3.8) is 0 Å². The molecule has 0 aromatic carbocycles. The molecule has 0 unspecified atom stereocenters. The Bertz CT molecular complexity index is 635. The third-order valence-corrected chi connectivity index (χ3v) is 4.53. The molecule has 0 aliphatic carbocycles. The first kappa shape index (κ1) is 17.1. The maximum atomic E-state index is 5.65. The summed E-state index contributed by atoms with van der Waals surface area (Å²) in [5, 5.41) is 3.63. The lowest BCUT2D eigenvalue weighted by Crippen LogP contribution is -2.41. The molecule has 132 valence electrons. The van der Waals surface area contributed by atoms with Crippen molar-refractivity contribution < 1.29 is 4.74 Å². The minimum Gasteiger partial charge on any atom is -0.380 e. The Balaban J connectivity index is 1.70. The van der Waals surface area contributed by atoms with Crippen LogP contribution in [0.15, 0.2) is 18.3 Å². The summed E-state index contributed by atoms with van der Waals surface area (Å²) >= 11 is 0. The zero-order chi connectivity index (χ0) is 16.8. The monoisotopic (exact) mass is 332 g/mol. The number of ether oxygens (including phenoxy) is 1. The van der Waals surface area contributed by atoms with Gasteiger partial charge in [0.15, 0.2) is 5.65 Å². The number of anilines is 1. The van der Waals surface area contributed by atoms with E-state index in [1.165, 1.54) is 0 Å². The van der Waals surface area contributed by atoms with Gasteiger partial charge in [-0.1, -0.05) is 0 Å². The zero-order valence-corrected chi connectivity index (χ0v) is 14.4. The summed E-state index contributed by atoms with van der Waals surface area (Å²) in [5.74, 6) is 0.903. The molecule has 3 heterocycles. The highest BCUT2D eigenvalue weighted by Crippen LogP contribution is 2.21. The summed E-state index contributed by atoms with van der Waals surface area (Å²) in [7, 11) is 0. The lowest BCUT2D eigenvalue weighted by molar-refractivity contribution is 0.140. The van der Waals surface area contributed by atoms with Crippen molar-refractivity contribution in [2.75, 3.05) is 44.7 Å². The number of nitrogens with one attached hydrogen (secondary N) is 1. The van der Waals surface area contributed by atoms with Gasteiger partial charge in [0.2, 0.25) is 5.95 Å². The highest BCUT2D eigenvalue weighted by atomic mass is 16.5. The third kappa shape index (κ3) is 4.03. The van der Waals surface area contributed by atoms with Gasteiger partial charge in [0.05, 0.1) is 13.2 Å². The molecule has 1 fully saturated rings. The predicted molar refractivity (Wildman–Crippen MR) is 96.2 cm³/mol. The average Bonchev–Trinajstić information content (AvgIpc) is 2.95. The lowest BCUT2D eigenvalue weighted by atomic mass is 10.1. The molecule has 1 aliphatic rings. The van der Waals surface area contributed by atoms with Crippen molar-refractivity contribution in [2.24, 2.45) is 5.73 Å². The van der Waals surface area contributed by atoms with Gasteiger partial charge >= 0.3 is 0 Å². The molecule has 1 saturated heterocycles. The van der Waals surface area contributed by atoms with E-state index in [1.54, 1.807) is 0 Å². The SMILES string of the molecule is CCOCCn1c(NC2CCN(CCN)CC2)nc2cccnc21. The molecule has 0 atom stereocenters. The smallest absolute Gasteiger partial charge is 0.205 e. The van der Waals surface area contributed by atoms with Gasteiger partial charge in [-0.25, -0.2) is 9.97 Å². The maximum Gasteiger partial charge on any atom is 0.205 e. The van der Waals surface area contributed by atoms with E-state index in [4.69, 9.17) is 15.5 Å². The quantitative estimate of drug-likeness (QED) is 0.709. The number of hydrogen-bond acceptors (Lipinski definition) is 6. The molecule has 0 bridgehead atoms. The second-order valence-electron chi connectivity index (χ2n) is 6.18. The van der Waals surface area contributed by atoms with Gasteiger partial charge in [-0.05, 0) is 31.9 Å². The second kappa shape index (κ2) is 8.41. The summed E-state index contributed by atoms with van der Waals surface area (Å²) in [6.45, 7) is 8.07. The number of fused-ring (bicyclic) bond motifs is 1. The summed E-state index contributed by atoms with van der Waals surface area (Å²) in [5.41, 5.74) is 7.49. The van der Waals surface area contributed by atoms with E-state index in [1.807, 2.05) is 25.3 Å². The first-order chi connectivity index (χ1) is 11.8. The summed E-state index contributed by atoms with van der Waals surface area (Å²) in [6, 6.07) is 4.38. The van der Waals surface area contributed by atoms with Crippen LogP contribution in [-0.2, 0) is 11.3 Å². The highest BCUT2D eigenvalue weighted by molar-refractivity contribution is 5.74. The van der Waals surface area contributed by atoms with Gasteiger partial charge in [0.25, 0.3) is 0 Å². The fraction of sp³-hybridized carbons (Fsp3) is 0.647. The van der Waals surface area contributed by atoms with Gasteiger partial charge in [-0.2, -0.15) is 0 Å². The molecular weight excluding hydrogens is 304 g/mol. The van der Waals surface area contributed by atoms with Crippen LogP contribution in [0.3, 0.4) is 0 Å². The molecule has 0 saturated carbocycles. The predicted octanol–water partition coefficient (Wildman–Crippen LogP) is 1.30. The molecule has 2 aromatic rings. The fourth-order valence-corrected chi connectivity index (χ4v) is 3.25. The summed E-state index contributed by atoms with van der Waals surface area (Å²) in [6.07, 6.45) is 4.04. The molecule has 2 aromatic heterocycles. The van der Waals surface area contributed by atoms with E-state index in [-0.39, 0.29) is 0 Å². The Kier molecular flexibility index (Phi) is 6.01. The van der Waals surface area contributed by atoms with Crippen LogP contribution >= 0.6 is 0 Å². The number of likely N-dealkylation sites (tertiary alicyclic amines) is 1. The molecular formula is C17H28N6O. The van der Waals surface area contributed by atoms with Gasteiger partial charge in [-0.15, -0.1) is 0 Å². The van der Waals surface area contributed by atoms with Crippen molar-refractivity contribution in [3.8, 4) is 0 Å². The number of pyridine rings is 1. The molecule has 0 spiro atoms. The zero-order valence-electron chi connectivity index (χ0n) is 14.4. The normalized spacial score (nSPS) is 16.8. The molecule has 24 heavy (non-hydrogen) atoms. The molecule has 3 N–H and O–H groups in total. The molecule has 0 amide bonds. The Labute approximate surface area is 143 Å². The van der Waals surface area contributed by atoms with Crippen LogP contribution < -0.4 is 11.1 Å². The maximum absolute atomic E-state index is 5.65. The highest BCUT2D eigenvalue weighted by Gasteiger charge is 2.21. The number of rotatable bonds is 8. The van der Waals surface area contributed by atoms with Crippen LogP contribution in [0.5, 0.6) is 0 Å². The lowest BCUT2D eigenvalue weighted by Gasteiger charge is -2.32. The first-order valence-electron chi connectivity index (χ1n) is 8.89. The first-order valence-corrected chi connectivity index (χ1v) is 8.89. The van der Waals surface area contributed by atoms with E-state index in [0.717, 1.165) is 69.3 Å². The van der Waals surface area contributed by atoms with Crippen molar-refractivity contribution in [1.82, 2.24) is 19.4 Å². The van der Waals surface area contributed by atoms with E-state index in [2.05, 4.69) is 19.8 Å². The minimum absolute atomic E-state index is 0.446. The molecule has 3 rings (SSSR count). The van der Waals surface area contributed by atoms with Crippen LogP contribution in [0.1, 0.15) is 19.8 Å². The fourth-order valence-electron chi connectivity index (χ4n) is 3.25. The number of piperidine rings is 1. The van der Waals surface area contributed by atoms with Crippen molar-refractivity contribution >= 4 is 17.1 Å². The molecule has 7 nitrogen and oxygen atoms in total. The van der Waals surface area contributed by atoms with Gasteiger partial charge in [0.1, 0.15) is 5.52 Å². The van der Waals surface area contributed by atoms with Crippen LogP contribution in [0, 0.1) is 0 Å². The van der Waals surface area contributed by atoms with E-state index < -0.39 is 0 Å². The Morgan fingerprint density at radius 1 is 1.33 bits per heavy atom. The third-order valence-electron chi connectivity index (χ3n) is 4.53. The standard InChI is InChI=1S/C17H28N6O/c1-2-24-13-12-23-16-15(4-3-8-19-16)21-17(23)20-14-5-9-22(10-6-14)11-7-18/h3-4,8,14H,2,5-7,9-13,18H2,1H3,(H,20,21). The number of aromatic nitrogens is 3. The summed E-state index contributed by atoms with van der Waals surface area (Å²) in [4.78, 5) is 11.7. The number of hydrogen-bond donors (Lipinski definition) is 2. The van der Waals surface area contributed by atoms with Crippen LogP contribution in [0.25, 0.3) is 11.2 Å². The topological polar surface area (TPSA) is 81.2 Å². The van der Waals surface area contributed by atoms with Gasteiger partial charge in [-0.3, -0.25) is 4.57 Å². The van der Waals surface area contributed by atoms with Crippen molar-refractivity contribution in [2.45, 2.75) is 32.4 Å². The second-order valence-corrected chi connectivity index (χ2v) is 6.18. The van der Waals surface area contributed by atoms with Crippen molar-refractivity contribution in [1.29, 1.82) is 0 Å². The Hall–Kier alpha value is -1.70. The minimum atomic E-state index is 0.446.